The van der Waals surface area contributed by atoms with Gasteiger partial charge in [0.2, 0.25) is 0 Å². The summed E-state index contributed by atoms with van der Waals surface area (Å²) >= 11 is 0. The fourth-order valence-corrected chi connectivity index (χ4v) is 6.54. The Bertz CT molecular complexity index is 2230. The van der Waals surface area contributed by atoms with E-state index in [2.05, 4.69) is 182 Å². The molecule has 0 bridgehead atoms. The fraction of sp³-hybridized carbons (Fsp3) is 0.0233. The monoisotopic (exact) mass is 561 g/mol. The molecule has 44 heavy (non-hydrogen) atoms. The van der Waals surface area contributed by atoms with Crippen molar-refractivity contribution in [1.82, 2.24) is 0 Å². The summed E-state index contributed by atoms with van der Waals surface area (Å²) in [5.41, 5.74) is 9.51. The van der Waals surface area contributed by atoms with Crippen molar-refractivity contribution in [2.24, 2.45) is 0 Å². The fourth-order valence-electron chi connectivity index (χ4n) is 6.54. The topological polar surface area (TPSA) is 3.24 Å². The molecule has 0 heterocycles. The van der Waals surface area contributed by atoms with Gasteiger partial charge in [0, 0.05) is 17.1 Å². The summed E-state index contributed by atoms with van der Waals surface area (Å²) in [7, 11) is 0. The molecule has 0 aromatic heterocycles. The van der Waals surface area contributed by atoms with Crippen LogP contribution in [0.3, 0.4) is 0 Å². The molecule has 1 nitrogen and oxygen atoms in total. The first kappa shape index (κ1) is 26.0. The summed E-state index contributed by atoms with van der Waals surface area (Å²) in [6.45, 7) is 2.15. The average Bonchev–Trinajstić information content (AvgIpc) is 3.09. The molecule has 208 valence electrons. The summed E-state index contributed by atoms with van der Waals surface area (Å²) in [6.07, 6.45) is 0. The van der Waals surface area contributed by atoms with Crippen LogP contribution in [-0.4, -0.2) is 0 Å². The van der Waals surface area contributed by atoms with Gasteiger partial charge in [-0.25, -0.2) is 0 Å². The van der Waals surface area contributed by atoms with Crippen LogP contribution in [0, 0.1) is 6.92 Å². The van der Waals surface area contributed by atoms with Crippen LogP contribution in [0.4, 0.5) is 17.1 Å². The Morgan fingerprint density at radius 2 is 0.750 bits per heavy atom. The van der Waals surface area contributed by atoms with E-state index < -0.39 is 0 Å². The van der Waals surface area contributed by atoms with Crippen molar-refractivity contribution in [2.75, 3.05) is 4.90 Å². The van der Waals surface area contributed by atoms with E-state index in [1.165, 1.54) is 60.1 Å². The van der Waals surface area contributed by atoms with Crippen molar-refractivity contribution in [3.05, 3.63) is 175 Å². The van der Waals surface area contributed by atoms with Crippen LogP contribution in [0.5, 0.6) is 0 Å². The lowest BCUT2D eigenvalue weighted by atomic mass is 9.92. The van der Waals surface area contributed by atoms with Gasteiger partial charge in [0.05, 0.1) is 0 Å². The summed E-state index contributed by atoms with van der Waals surface area (Å²) < 4.78 is 0. The third-order valence-electron chi connectivity index (χ3n) is 8.70. The van der Waals surface area contributed by atoms with Gasteiger partial charge in [-0.15, -0.1) is 0 Å². The highest BCUT2D eigenvalue weighted by molar-refractivity contribution is 6.25. The Labute approximate surface area is 258 Å². The minimum absolute atomic E-state index is 1.13. The molecule has 0 fully saturated rings. The maximum absolute atomic E-state index is 2.36. The van der Waals surface area contributed by atoms with Crippen molar-refractivity contribution >= 4 is 49.4 Å². The van der Waals surface area contributed by atoms with E-state index >= 15 is 0 Å². The zero-order chi connectivity index (χ0) is 29.5. The van der Waals surface area contributed by atoms with Crippen molar-refractivity contribution in [3.63, 3.8) is 0 Å². The Morgan fingerprint density at radius 3 is 1.32 bits per heavy atom. The summed E-state index contributed by atoms with van der Waals surface area (Å²) in [5.74, 6) is 0. The third-order valence-corrected chi connectivity index (χ3v) is 8.70. The smallest absolute Gasteiger partial charge is 0.0464 e. The standard InChI is InChI=1S/C43H31N/c1-30-10-9-13-37(28-30)44(35-23-18-32(19-24-35)31-11-3-2-4-12-31)36-25-20-33(21-26-36)34-22-27-42-40-16-6-5-14-38(40)39-15-7-8-17-41(39)43(42)29-34/h2-29H,1H3. The highest BCUT2D eigenvalue weighted by atomic mass is 15.1. The predicted octanol–water partition coefficient (Wildman–Crippen LogP) is 12.3. The van der Waals surface area contributed by atoms with Crippen LogP contribution in [0.15, 0.2) is 170 Å². The number of benzene rings is 8. The Kier molecular flexibility index (Phi) is 6.43. The SMILES string of the molecule is Cc1cccc(N(c2ccc(-c3ccccc3)cc2)c2ccc(-c3ccc4c5ccccc5c5ccccc5c4c3)cc2)c1. The molecule has 0 unspecified atom stereocenters. The largest absolute Gasteiger partial charge is 0.310 e. The maximum atomic E-state index is 2.36. The molecule has 0 saturated heterocycles. The van der Waals surface area contributed by atoms with Crippen LogP contribution in [0.2, 0.25) is 0 Å². The molecule has 0 radical (unpaired) electrons. The molecule has 1 heteroatoms. The molecule has 0 spiro atoms. The third kappa shape index (κ3) is 4.60. The quantitative estimate of drug-likeness (QED) is 0.189. The van der Waals surface area contributed by atoms with Gasteiger partial charge in [-0.1, -0.05) is 127 Å². The number of anilines is 3. The van der Waals surface area contributed by atoms with E-state index in [4.69, 9.17) is 0 Å². The highest BCUT2D eigenvalue weighted by Crippen LogP contribution is 2.39. The Hall–Kier alpha value is -5.66. The molecule has 0 aliphatic rings. The van der Waals surface area contributed by atoms with E-state index in [0.29, 0.717) is 0 Å². The van der Waals surface area contributed by atoms with Crippen LogP contribution in [0.25, 0.3) is 54.6 Å². The molecule has 8 rings (SSSR count). The van der Waals surface area contributed by atoms with Crippen molar-refractivity contribution in [3.8, 4) is 22.3 Å². The zero-order valence-electron chi connectivity index (χ0n) is 24.6. The van der Waals surface area contributed by atoms with Gasteiger partial charge in [-0.05, 0) is 110 Å². The maximum Gasteiger partial charge on any atom is 0.0464 e. The Morgan fingerprint density at radius 1 is 0.295 bits per heavy atom. The normalized spacial score (nSPS) is 11.3. The number of hydrogen-bond donors (Lipinski definition) is 0. The number of hydrogen-bond acceptors (Lipinski definition) is 1. The first-order valence-corrected chi connectivity index (χ1v) is 15.2. The second-order valence-corrected chi connectivity index (χ2v) is 11.5. The van der Waals surface area contributed by atoms with Gasteiger partial charge < -0.3 is 4.90 Å². The van der Waals surface area contributed by atoms with E-state index in [-0.39, 0.29) is 0 Å². The van der Waals surface area contributed by atoms with Gasteiger partial charge in [0.25, 0.3) is 0 Å². The van der Waals surface area contributed by atoms with Gasteiger partial charge in [-0.3, -0.25) is 0 Å². The highest BCUT2D eigenvalue weighted by Gasteiger charge is 2.14. The second-order valence-electron chi connectivity index (χ2n) is 11.5. The van der Waals surface area contributed by atoms with Gasteiger partial charge in [0.15, 0.2) is 0 Å². The van der Waals surface area contributed by atoms with Crippen molar-refractivity contribution in [2.45, 2.75) is 6.92 Å². The molecule has 0 amide bonds. The van der Waals surface area contributed by atoms with E-state index in [0.717, 1.165) is 17.1 Å². The molecular formula is C43H31N. The van der Waals surface area contributed by atoms with Crippen LogP contribution in [-0.2, 0) is 0 Å². The molecule has 8 aromatic carbocycles. The van der Waals surface area contributed by atoms with E-state index in [1.807, 2.05) is 0 Å². The molecule has 0 saturated carbocycles. The van der Waals surface area contributed by atoms with Crippen molar-refractivity contribution < 1.29 is 0 Å². The molecule has 8 aromatic rings. The lowest BCUT2D eigenvalue weighted by molar-refractivity contribution is 1.27. The summed E-state index contributed by atoms with van der Waals surface area (Å²) in [5, 5.41) is 7.79. The number of aryl methyl sites for hydroxylation is 1. The van der Waals surface area contributed by atoms with E-state index in [9.17, 15) is 0 Å². The van der Waals surface area contributed by atoms with Gasteiger partial charge in [0.1, 0.15) is 0 Å². The Balaban J connectivity index is 1.21. The second kappa shape index (κ2) is 10.9. The average molecular weight is 562 g/mol. The number of nitrogens with zero attached hydrogens (tertiary/aromatic N) is 1. The molecule has 0 aliphatic heterocycles. The van der Waals surface area contributed by atoms with Gasteiger partial charge >= 0.3 is 0 Å². The molecule has 0 N–H and O–H groups in total. The molecular weight excluding hydrogens is 530 g/mol. The first-order valence-electron chi connectivity index (χ1n) is 15.2. The summed E-state index contributed by atoms with van der Waals surface area (Å²) in [4.78, 5) is 2.34. The lowest BCUT2D eigenvalue weighted by Gasteiger charge is -2.26. The minimum Gasteiger partial charge on any atom is -0.310 e. The minimum atomic E-state index is 1.13. The van der Waals surface area contributed by atoms with Gasteiger partial charge in [-0.2, -0.15) is 0 Å². The number of rotatable bonds is 5. The van der Waals surface area contributed by atoms with Crippen LogP contribution < -0.4 is 4.90 Å². The first-order chi connectivity index (χ1) is 21.7. The lowest BCUT2D eigenvalue weighted by Crippen LogP contribution is -2.10. The zero-order valence-corrected chi connectivity index (χ0v) is 24.6. The molecule has 0 atom stereocenters. The van der Waals surface area contributed by atoms with E-state index in [1.54, 1.807) is 0 Å². The van der Waals surface area contributed by atoms with Crippen LogP contribution >= 0.6 is 0 Å². The summed E-state index contributed by atoms with van der Waals surface area (Å²) in [6, 6.07) is 61.5. The molecule has 0 aliphatic carbocycles. The number of fused-ring (bicyclic) bond motifs is 6. The van der Waals surface area contributed by atoms with Crippen LogP contribution in [0.1, 0.15) is 5.56 Å². The predicted molar refractivity (Wildman–Crippen MR) is 189 cm³/mol. The van der Waals surface area contributed by atoms with Crippen molar-refractivity contribution in [1.29, 1.82) is 0 Å².